The fourth-order valence-corrected chi connectivity index (χ4v) is 2.34. The van der Waals surface area contributed by atoms with Crippen LogP contribution in [0.15, 0.2) is 24.3 Å². The first kappa shape index (κ1) is 16.5. The maximum Gasteiger partial charge on any atom is 0.339 e. The van der Waals surface area contributed by atoms with Crippen LogP contribution in [0.3, 0.4) is 0 Å². The van der Waals surface area contributed by atoms with Gasteiger partial charge < -0.3 is 14.5 Å². The van der Waals surface area contributed by atoms with Crippen molar-refractivity contribution in [3.63, 3.8) is 0 Å². The molecule has 0 radical (unpaired) electrons. The van der Waals surface area contributed by atoms with Crippen LogP contribution >= 0.6 is 0 Å². The molecule has 0 aliphatic heterocycles. The van der Waals surface area contributed by atoms with Gasteiger partial charge in [0.1, 0.15) is 12.0 Å². The fraction of sp³-hybridized carbons (Fsp3) is 0.235. The summed E-state index contributed by atoms with van der Waals surface area (Å²) in [5.41, 5.74) is 2.24. The summed E-state index contributed by atoms with van der Waals surface area (Å²) < 4.78 is 10.1. The van der Waals surface area contributed by atoms with E-state index in [0.717, 1.165) is 0 Å². The molecule has 0 atom stereocenters. The van der Waals surface area contributed by atoms with Crippen molar-refractivity contribution in [1.82, 2.24) is 4.98 Å². The van der Waals surface area contributed by atoms with Crippen molar-refractivity contribution in [1.29, 1.82) is 0 Å². The topological polar surface area (TPSA) is 85.5 Å². The van der Waals surface area contributed by atoms with Gasteiger partial charge in [0.25, 0.3) is 0 Å². The SMILES string of the molecule is COC(=O)c1c(C)[nH]c(C(=O)COc2cccc(C=O)c2)c1C. The lowest BCUT2D eigenvalue weighted by Crippen LogP contribution is -2.13. The molecule has 0 amide bonds. The molecule has 0 bridgehead atoms. The maximum absolute atomic E-state index is 12.3. The molecule has 1 aromatic heterocycles. The van der Waals surface area contributed by atoms with E-state index in [9.17, 15) is 14.4 Å². The molecule has 0 saturated carbocycles. The zero-order valence-electron chi connectivity index (χ0n) is 13.1. The van der Waals surface area contributed by atoms with Crippen molar-refractivity contribution in [2.45, 2.75) is 13.8 Å². The van der Waals surface area contributed by atoms with Crippen LogP contribution in [-0.4, -0.2) is 36.7 Å². The van der Waals surface area contributed by atoms with E-state index < -0.39 is 5.97 Å². The molecule has 0 aliphatic rings. The van der Waals surface area contributed by atoms with Crippen molar-refractivity contribution in [3.05, 3.63) is 52.3 Å². The predicted molar refractivity (Wildman–Crippen MR) is 83.3 cm³/mol. The molecule has 2 aromatic rings. The number of Topliss-reactive ketones (excluding diaryl/α,β-unsaturated/α-hetero) is 1. The summed E-state index contributed by atoms with van der Waals surface area (Å²) in [6, 6.07) is 6.52. The number of carbonyl (C=O) groups excluding carboxylic acids is 3. The van der Waals surface area contributed by atoms with Crippen LogP contribution in [0.1, 0.15) is 42.5 Å². The Balaban J connectivity index is 2.15. The van der Waals surface area contributed by atoms with Gasteiger partial charge in [-0.2, -0.15) is 0 Å². The summed E-state index contributed by atoms with van der Waals surface area (Å²) in [7, 11) is 1.29. The minimum absolute atomic E-state index is 0.205. The summed E-state index contributed by atoms with van der Waals surface area (Å²) >= 11 is 0. The number of hydrogen-bond donors (Lipinski definition) is 1. The molecule has 0 aliphatic carbocycles. The number of aryl methyl sites for hydroxylation is 1. The zero-order chi connectivity index (χ0) is 17.0. The van der Waals surface area contributed by atoms with Crippen molar-refractivity contribution in [2.24, 2.45) is 0 Å². The first-order chi connectivity index (χ1) is 11.0. The minimum Gasteiger partial charge on any atom is -0.485 e. The highest BCUT2D eigenvalue weighted by Crippen LogP contribution is 2.20. The van der Waals surface area contributed by atoms with Gasteiger partial charge >= 0.3 is 5.97 Å². The van der Waals surface area contributed by atoms with Crippen molar-refractivity contribution in [3.8, 4) is 5.75 Å². The molecule has 0 unspecified atom stereocenters. The van der Waals surface area contributed by atoms with Crippen LogP contribution in [0.25, 0.3) is 0 Å². The monoisotopic (exact) mass is 315 g/mol. The van der Waals surface area contributed by atoms with E-state index in [-0.39, 0.29) is 12.4 Å². The van der Waals surface area contributed by atoms with Gasteiger partial charge in [-0.3, -0.25) is 9.59 Å². The highest BCUT2D eigenvalue weighted by Gasteiger charge is 2.22. The average Bonchev–Trinajstić information content (AvgIpc) is 2.86. The second kappa shape index (κ2) is 6.91. The third-order valence-corrected chi connectivity index (χ3v) is 3.47. The van der Waals surface area contributed by atoms with E-state index in [2.05, 4.69) is 4.98 Å². The Hall–Kier alpha value is -2.89. The van der Waals surface area contributed by atoms with E-state index >= 15 is 0 Å². The number of ketones is 1. The van der Waals surface area contributed by atoms with Gasteiger partial charge in [-0.05, 0) is 31.5 Å². The summed E-state index contributed by atoms with van der Waals surface area (Å²) in [5, 5.41) is 0. The Labute approximate surface area is 133 Å². The van der Waals surface area contributed by atoms with Gasteiger partial charge in [-0.15, -0.1) is 0 Å². The van der Waals surface area contributed by atoms with Crippen LogP contribution in [0.4, 0.5) is 0 Å². The summed E-state index contributed by atoms with van der Waals surface area (Å²) in [5.74, 6) is -0.357. The van der Waals surface area contributed by atoms with Crippen LogP contribution in [0.5, 0.6) is 5.75 Å². The molecule has 1 N–H and O–H groups in total. The van der Waals surface area contributed by atoms with Gasteiger partial charge in [-0.25, -0.2) is 4.79 Å². The third-order valence-electron chi connectivity index (χ3n) is 3.47. The summed E-state index contributed by atoms with van der Waals surface area (Å²) in [6.07, 6.45) is 0.704. The van der Waals surface area contributed by atoms with Gasteiger partial charge in [0.2, 0.25) is 5.78 Å². The molecule has 0 saturated heterocycles. The second-order valence-electron chi connectivity index (χ2n) is 5.02. The lowest BCUT2D eigenvalue weighted by molar-refractivity contribution is 0.0599. The van der Waals surface area contributed by atoms with Gasteiger partial charge in [-0.1, -0.05) is 12.1 Å². The summed E-state index contributed by atoms with van der Waals surface area (Å²) in [6.45, 7) is 3.17. The fourth-order valence-electron chi connectivity index (χ4n) is 2.34. The number of aromatic nitrogens is 1. The zero-order valence-corrected chi connectivity index (χ0v) is 13.1. The predicted octanol–water partition coefficient (Wildman–Crippen LogP) is 2.49. The molecule has 120 valence electrons. The second-order valence-corrected chi connectivity index (χ2v) is 5.02. The van der Waals surface area contributed by atoms with Crippen LogP contribution in [0.2, 0.25) is 0 Å². The molecular formula is C17H17NO5. The number of esters is 1. The smallest absolute Gasteiger partial charge is 0.339 e. The lowest BCUT2D eigenvalue weighted by atomic mass is 10.1. The molecule has 1 heterocycles. The minimum atomic E-state index is -0.491. The number of ether oxygens (including phenoxy) is 2. The number of H-pyrrole nitrogens is 1. The maximum atomic E-state index is 12.3. The van der Waals surface area contributed by atoms with Crippen molar-refractivity contribution < 1.29 is 23.9 Å². The van der Waals surface area contributed by atoms with E-state index in [1.165, 1.54) is 7.11 Å². The molecule has 0 spiro atoms. The number of benzene rings is 1. The van der Waals surface area contributed by atoms with Gasteiger partial charge in [0.15, 0.2) is 6.61 Å². The third kappa shape index (κ3) is 3.48. The van der Waals surface area contributed by atoms with Crippen LogP contribution < -0.4 is 4.74 Å². The first-order valence-electron chi connectivity index (χ1n) is 6.96. The van der Waals surface area contributed by atoms with E-state index in [1.807, 2.05) is 0 Å². The lowest BCUT2D eigenvalue weighted by Gasteiger charge is -2.06. The number of carbonyl (C=O) groups is 3. The highest BCUT2D eigenvalue weighted by atomic mass is 16.5. The Morgan fingerprint density at radius 2 is 2.00 bits per heavy atom. The molecule has 0 fully saturated rings. The summed E-state index contributed by atoms with van der Waals surface area (Å²) in [4.78, 5) is 37.6. The normalized spacial score (nSPS) is 10.2. The van der Waals surface area contributed by atoms with E-state index in [1.54, 1.807) is 38.1 Å². The molecular weight excluding hydrogens is 298 g/mol. The number of hydrogen-bond acceptors (Lipinski definition) is 5. The number of aldehydes is 1. The number of methoxy groups -OCH3 is 1. The molecule has 6 heteroatoms. The standard InChI is InChI=1S/C17H17NO5/c1-10-15(17(21)22-3)11(2)18-16(10)14(20)9-23-13-6-4-5-12(7-13)8-19/h4-8,18H,9H2,1-3H3. The average molecular weight is 315 g/mol. The molecule has 6 nitrogen and oxygen atoms in total. The Bertz CT molecular complexity index is 760. The largest absolute Gasteiger partial charge is 0.485 e. The van der Waals surface area contributed by atoms with Gasteiger partial charge in [0.05, 0.1) is 18.4 Å². The highest BCUT2D eigenvalue weighted by molar-refractivity contribution is 6.02. The molecule has 2 rings (SSSR count). The number of rotatable bonds is 6. The van der Waals surface area contributed by atoms with Crippen LogP contribution in [-0.2, 0) is 4.74 Å². The van der Waals surface area contributed by atoms with Crippen LogP contribution in [0, 0.1) is 13.8 Å². The molecule has 1 aromatic carbocycles. The number of nitrogens with one attached hydrogen (secondary N) is 1. The first-order valence-corrected chi connectivity index (χ1v) is 6.96. The quantitative estimate of drug-likeness (QED) is 0.503. The molecule has 23 heavy (non-hydrogen) atoms. The van der Waals surface area contributed by atoms with Gasteiger partial charge in [0, 0.05) is 11.3 Å². The Kier molecular flexibility index (Phi) is 4.95. The number of aromatic amines is 1. The Morgan fingerprint density at radius 1 is 1.26 bits per heavy atom. The van der Waals surface area contributed by atoms with E-state index in [0.29, 0.717) is 40.1 Å². The van der Waals surface area contributed by atoms with Crippen molar-refractivity contribution >= 4 is 18.0 Å². The van der Waals surface area contributed by atoms with E-state index in [4.69, 9.17) is 9.47 Å². The Morgan fingerprint density at radius 3 is 2.65 bits per heavy atom. The van der Waals surface area contributed by atoms with Crippen molar-refractivity contribution in [2.75, 3.05) is 13.7 Å².